The SMILES string of the molecule is CCNC(=NCC1CCN(c2cccc(OC)c2)C1)N1CCN(c2ncccn2)CC1. The molecule has 0 aliphatic carbocycles. The van der Waals surface area contributed by atoms with Crippen LogP contribution in [0.25, 0.3) is 0 Å². The summed E-state index contributed by atoms with van der Waals surface area (Å²) < 4.78 is 5.38. The summed E-state index contributed by atoms with van der Waals surface area (Å²) in [5, 5.41) is 3.48. The van der Waals surface area contributed by atoms with Crippen LogP contribution in [0.5, 0.6) is 5.75 Å². The Morgan fingerprint density at radius 2 is 1.90 bits per heavy atom. The fraction of sp³-hybridized carbons (Fsp3) is 0.522. The molecule has 166 valence electrons. The standard InChI is InChI=1S/C23H33N7O/c1-3-24-22(28-12-14-29(15-13-28)23-25-9-5-10-26-23)27-17-19-8-11-30(18-19)20-6-4-7-21(16-20)31-2/h4-7,9-10,16,19H,3,8,11-15,17-18H2,1-2H3,(H,24,27). The van der Waals surface area contributed by atoms with Crippen molar-refractivity contribution >= 4 is 17.6 Å². The molecule has 0 spiro atoms. The summed E-state index contributed by atoms with van der Waals surface area (Å²) in [5.74, 6) is 3.32. The molecule has 1 aromatic carbocycles. The van der Waals surface area contributed by atoms with Crippen LogP contribution in [-0.4, -0.2) is 80.3 Å². The Morgan fingerprint density at radius 3 is 2.65 bits per heavy atom. The number of rotatable bonds is 6. The molecule has 31 heavy (non-hydrogen) atoms. The van der Waals surface area contributed by atoms with Crippen LogP contribution in [0.4, 0.5) is 11.6 Å². The Labute approximate surface area is 184 Å². The molecule has 2 aliphatic heterocycles. The van der Waals surface area contributed by atoms with E-state index < -0.39 is 0 Å². The largest absolute Gasteiger partial charge is 0.497 e. The maximum atomic E-state index is 5.38. The van der Waals surface area contributed by atoms with Crippen molar-refractivity contribution in [2.75, 3.05) is 69.3 Å². The Balaban J connectivity index is 1.32. The molecule has 0 radical (unpaired) electrons. The van der Waals surface area contributed by atoms with Gasteiger partial charge in [-0.3, -0.25) is 4.99 Å². The molecule has 1 N–H and O–H groups in total. The zero-order valence-corrected chi connectivity index (χ0v) is 18.6. The third-order valence-electron chi connectivity index (χ3n) is 5.95. The minimum atomic E-state index is 0.568. The molecule has 3 heterocycles. The Hall–Kier alpha value is -3.03. The summed E-state index contributed by atoms with van der Waals surface area (Å²) in [6.07, 6.45) is 4.77. The molecule has 2 fully saturated rings. The van der Waals surface area contributed by atoms with Crippen LogP contribution >= 0.6 is 0 Å². The topological polar surface area (TPSA) is 69.1 Å². The van der Waals surface area contributed by atoms with Crippen molar-refractivity contribution < 1.29 is 4.74 Å². The van der Waals surface area contributed by atoms with Gasteiger partial charge in [-0.25, -0.2) is 9.97 Å². The van der Waals surface area contributed by atoms with E-state index in [0.29, 0.717) is 5.92 Å². The molecule has 2 saturated heterocycles. The van der Waals surface area contributed by atoms with E-state index in [-0.39, 0.29) is 0 Å². The number of anilines is 2. The molecule has 1 unspecified atom stereocenters. The summed E-state index contributed by atoms with van der Waals surface area (Å²) in [7, 11) is 1.72. The number of hydrogen-bond acceptors (Lipinski definition) is 6. The smallest absolute Gasteiger partial charge is 0.225 e. The number of hydrogen-bond donors (Lipinski definition) is 1. The lowest BCUT2D eigenvalue weighted by molar-refractivity contribution is 0.369. The highest BCUT2D eigenvalue weighted by Crippen LogP contribution is 2.27. The first-order chi connectivity index (χ1) is 15.3. The van der Waals surface area contributed by atoms with Crippen molar-refractivity contribution in [3.05, 3.63) is 42.7 Å². The van der Waals surface area contributed by atoms with Gasteiger partial charge in [-0.2, -0.15) is 0 Å². The van der Waals surface area contributed by atoms with Crippen molar-refractivity contribution in [1.29, 1.82) is 0 Å². The molecule has 8 heteroatoms. The van der Waals surface area contributed by atoms with E-state index in [1.165, 1.54) is 12.1 Å². The van der Waals surface area contributed by atoms with E-state index in [4.69, 9.17) is 9.73 Å². The number of nitrogens with one attached hydrogen (secondary N) is 1. The Bertz CT molecular complexity index is 852. The van der Waals surface area contributed by atoms with Crippen LogP contribution in [0.3, 0.4) is 0 Å². The molecule has 1 aromatic heterocycles. The normalized spacial score (nSPS) is 19.6. The van der Waals surface area contributed by atoms with Crippen LogP contribution < -0.4 is 19.9 Å². The van der Waals surface area contributed by atoms with E-state index >= 15 is 0 Å². The number of benzene rings is 1. The summed E-state index contributed by atoms with van der Waals surface area (Å²) in [6, 6.07) is 10.2. The highest BCUT2D eigenvalue weighted by atomic mass is 16.5. The minimum absolute atomic E-state index is 0.568. The fourth-order valence-electron chi connectivity index (χ4n) is 4.24. The van der Waals surface area contributed by atoms with Gasteiger partial charge in [0.15, 0.2) is 5.96 Å². The van der Waals surface area contributed by atoms with Crippen LogP contribution in [0.2, 0.25) is 0 Å². The van der Waals surface area contributed by atoms with Crippen molar-refractivity contribution in [2.24, 2.45) is 10.9 Å². The summed E-state index contributed by atoms with van der Waals surface area (Å²) >= 11 is 0. The maximum absolute atomic E-state index is 5.38. The van der Waals surface area contributed by atoms with E-state index in [1.54, 1.807) is 19.5 Å². The predicted octanol–water partition coefficient (Wildman–Crippen LogP) is 2.10. The monoisotopic (exact) mass is 423 g/mol. The lowest BCUT2D eigenvalue weighted by atomic mass is 10.1. The Kier molecular flexibility index (Phi) is 7.07. The lowest BCUT2D eigenvalue weighted by Crippen LogP contribution is -2.53. The van der Waals surface area contributed by atoms with E-state index in [1.807, 2.05) is 12.1 Å². The van der Waals surface area contributed by atoms with Crippen molar-refractivity contribution in [3.8, 4) is 5.75 Å². The molecule has 8 nitrogen and oxygen atoms in total. The number of guanidine groups is 1. The van der Waals surface area contributed by atoms with Gasteiger partial charge in [0.25, 0.3) is 0 Å². The van der Waals surface area contributed by atoms with Gasteiger partial charge in [0.2, 0.25) is 5.95 Å². The second-order valence-electron chi connectivity index (χ2n) is 8.02. The minimum Gasteiger partial charge on any atom is -0.497 e. The fourth-order valence-corrected chi connectivity index (χ4v) is 4.24. The number of nitrogens with zero attached hydrogens (tertiary/aromatic N) is 6. The highest BCUT2D eigenvalue weighted by molar-refractivity contribution is 5.80. The lowest BCUT2D eigenvalue weighted by Gasteiger charge is -2.36. The third-order valence-corrected chi connectivity index (χ3v) is 5.95. The number of aliphatic imine (C=N–C) groups is 1. The molecular weight excluding hydrogens is 390 g/mol. The van der Waals surface area contributed by atoms with Gasteiger partial charge in [-0.05, 0) is 37.5 Å². The molecular formula is C23H33N7O. The van der Waals surface area contributed by atoms with Gasteiger partial charge in [-0.15, -0.1) is 0 Å². The first kappa shape index (κ1) is 21.2. The van der Waals surface area contributed by atoms with Gasteiger partial charge in [0, 0.05) is 76.5 Å². The van der Waals surface area contributed by atoms with Crippen molar-refractivity contribution in [2.45, 2.75) is 13.3 Å². The number of methoxy groups -OCH3 is 1. The van der Waals surface area contributed by atoms with Gasteiger partial charge in [0.1, 0.15) is 5.75 Å². The number of ether oxygens (including phenoxy) is 1. The first-order valence-corrected chi connectivity index (χ1v) is 11.2. The highest BCUT2D eigenvalue weighted by Gasteiger charge is 2.24. The summed E-state index contributed by atoms with van der Waals surface area (Å²) in [6.45, 7) is 9.61. The van der Waals surface area contributed by atoms with E-state index in [2.05, 4.69) is 55.1 Å². The summed E-state index contributed by atoms with van der Waals surface area (Å²) in [5.41, 5.74) is 1.23. The molecule has 0 bridgehead atoms. The van der Waals surface area contributed by atoms with Gasteiger partial charge in [-0.1, -0.05) is 6.07 Å². The van der Waals surface area contributed by atoms with Crippen molar-refractivity contribution in [1.82, 2.24) is 20.2 Å². The second kappa shape index (κ2) is 10.3. The number of aromatic nitrogens is 2. The zero-order valence-electron chi connectivity index (χ0n) is 18.6. The van der Waals surface area contributed by atoms with Gasteiger partial charge in [0.05, 0.1) is 7.11 Å². The van der Waals surface area contributed by atoms with Gasteiger partial charge < -0.3 is 24.8 Å². The molecule has 1 atom stereocenters. The van der Waals surface area contributed by atoms with E-state index in [9.17, 15) is 0 Å². The molecule has 2 aromatic rings. The van der Waals surface area contributed by atoms with Crippen LogP contribution in [-0.2, 0) is 0 Å². The third kappa shape index (κ3) is 5.37. The second-order valence-corrected chi connectivity index (χ2v) is 8.02. The first-order valence-electron chi connectivity index (χ1n) is 11.2. The summed E-state index contributed by atoms with van der Waals surface area (Å²) in [4.78, 5) is 20.8. The van der Waals surface area contributed by atoms with Gasteiger partial charge >= 0.3 is 0 Å². The average molecular weight is 424 g/mol. The van der Waals surface area contributed by atoms with Crippen molar-refractivity contribution in [3.63, 3.8) is 0 Å². The van der Waals surface area contributed by atoms with Crippen LogP contribution in [0, 0.1) is 5.92 Å². The van der Waals surface area contributed by atoms with Crippen LogP contribution in [0.1, 0.15) is 13.3 Å². The van der Waals surface area contributed by atoms with E-state index in [0.717, 1.165) is 70.0 Å². The Morgan fingerprint density at radius 1 is 1.10 bits per heavy atom. The zero-order chi connectivity index (χ0) is 21.5. The molecule has 0 amide bonds. The molecule has 2 aliphatic rings. The molecule has 4 rings (SSSR count). The maximum Gasteiger partial charge on any atom is 0.225 e. The quantitative estimate of drug-likeness (QED) is 0.564. The number of piperazine rings is 1. The molecule has 0 saturated carbocycles. The average Bonchev–Trinajstić information content (AvgIpc) is 3.32. The predicted molar refractivity (Wildman–Crippen MR) is 125 cm³/mol. The van der Waals surface area contributed by atoms with Crippen LogP contribution in [0.15, 0.2) is 47.7 Å².